The Labute approximate surface area is 129 Å². The average molecular weight is 290 g/mol. The van der Waals surface area contributed by atoms with Crippen molar-refractivity contribution < 1.29 is 4.79 Å². The number of carbonyl (C=O) groups excluding carboxylic acids is 1. The van der Waals surface area contributed by atoms with Crippen LogP contribution in [-0.4, -0.2) is 12.5 Å². The van der Waals surface area contributed by atoms with E-state index in [1.165, 1.54) is 32.1 Å². The first-order valence-corrected chi connectivity index (χ1v) is 8.33. The summed E-state index contributed by atoms with van der Waals surface area (Å²) in [6.45, 7) is 1.46. The summed E-state index contributed by atoms with van der Waals surface area (Å²) >= 11 is 0. The number of hydrogen-bond acceptors (Lipinski definition) is 2. The third-order valence-electron chi connectivity index (χ3n) is 3.69. The lowest BCUT2D eigenvalue weighted by Gasteiger charge is -2.05. The van der Waals surface area contributed by atoms with Crippen LogP contribution in [0.5, 0.6) is 0 Å². The quantitative estimate of drug-likeness (QED) is 0.576. The second-order valence-corrected chi connectivity index (χ2v) is 5.63. The minimum Gasteiger partial charge on any atom is -0.352 e. The van der Waals surface area contributed by atoms with Gasteiger partial charge in [-0.05, 0) is 24.9 Å². The summed E-state index contributed by atoms with van der Waals surface area (Å²) in [4.78, 5) is 11.7. The molecule has 3 nitrogen and oxygen atoms in total. The predicted octanol–water partition coefficient (Wildman–Crippen LogP) is 3.77. The minimum atomic E-state index is 0.168. The van der Waals surface area contributed by atoms with Crippen LogP contribution < -0.4 is 11.1 Å². The maximum Gasteiger partial charge on any atom is 0.220 e. The molecule has 0 spiro atoms. The minimum absolute atomic E-state index is 0.168. The van der Waals surface area contributed by atoms with E-state index in [0.717, 1.165) is 31.4 Å². The topological polar surface area (TPSA) is 55.1 Å². The summed E-state index contributed by atoms with van der Waals surface area (Å²) in [5.41, 5.74) is 6.62. The molecule has 0 radical (unpaired) electrons. The second kappa shape index (κ2) is 12.4. The smallest absolute Gasteiger partial charge is 0.220 e. The summed E-state index contributed by atoms with van der Waals surface area (Å²) in [5.74, 6) is 0.168. The van der Waals surface area contributed by atoms with Gasteiger partial charge in [-0.1, -0.05) is 68.9 Å². The van der Waals surface area contributed by atoms with Gasteiger partial charge in [-0.15, -0.1) is 0 Å². The van der Waals surface area contributed by atoms with Crippen molar-refractivity contribution in [1.29, 1.82) is 0 Å². The van der Waals surface area contributed by atoms with E-state index < -0.39 is 0 Å². The normalized spacial score (nSPS) is 10.5. The molecule has 3 N–H and O–H groups in total. The highest BCUT2D eigenvalue weighted by molar-refractivity contribution is 5.75. The Bertz CT molecular complexity index is 365. The Morgan fingerprint density at radius 3 is 2.05 bits per heavy atom. The van der Waals surface area contributed by atoms with Gasteiger partial charge >= 0.3 is 0 Å². The highest BCUT2D eigenvalue weighted by Gasteiger charge is 2.01. The fourth-order valence-corrected chi connectivity index (χ4v) is 2.38. The Kier molecular flexibility index (Phi) is 10.4. The van der Waals surface area contributed by atoms with E-state index in [4.69, 9.17) is 5.73 Å². The molecule has 1 aromatic carbocycles. The molecule has 118 valence electrons. The lowest BCUT2D eigenvalue weighted by molar-refractivity contribution is -0.121. The van der Waals surface area contributed by atoms with E-state index >= 15 is 0 Å². The van der Waals surface area contributed by atoms with Crippen LogP contribution in [0.3, 0.4) is 0 Å². The van der Waals surface area contributed by atoms with Crippen LogP contribution >= 0.6 is 0 Å². The molecule has 0 aliphatic heterocycles. The molecule has 0 aliphatic carbocycles. The van der Waals surface area contributed by atoms with Gasteiger partial charge in [0.2, 0.25) is 5.91 Å². The van der Waals surface area contributed by atoms with E-state index in [1.54, 1.807) is 0 Å². The molecule has 0 fully saturated rings. The largest absolute Gasteiger partial charge is 0.352 e. The molecule has 1 amide bonds. The lowest BCUT2D eigenvalue weighted by Crippen LogP contribution is -2.22. The fourth-order valence-electron chi connectivity index (χ4n) is 2.38. The Hall–Kier alpha value is -1.35. The molecule has 0 saturated heterocycles. The Morgan fingerprint density at radius 1 is 0.857 bits per heavy atom. The summed E-state index contributed by atoms with van der Waals surface area (Å²) in [6.07, 6.45) is 10.4. The first-order valence-electron chi connectivity index (χ1n) is 8.33. The molecule has 0 atom stereocenters. The maximum absolute atomic E-state index is 11.7. The Morgan fingerprint density at radius 2 is 1.43 bits per heavy atom. The zero-order valence-electron chi connectivity index (χ0n) is 13.2. The molecule has 0 heterocycles. The van der Waals surface area contributed by atoms with Crippen LogP contribution in [0, 0.1) is 0 Å². The molecular weight excluding hydrogens is 260 g/mol. The number of carbonyl (C=O) groups is 1. The summed E-state index contributed by atoms with van der Waals surface area (Å²) < 4.78 is 0. The van der Waals surface area contributed by atoms with Crippen LogP contribution in [0.15, 0.2) is 30.3 Å². The van der Waals surface area contributed by atoms with Gasteiger partial charge in [-0.2, -0.15) is 0 Å². The fraction of sp³-hybridized carbons (Fsp3) is 0.611. The first-order chi connectivity index (χ1) is 10.3. The van der Waals surface area contributed by atoms with Crippen molar-refractivity contribution >= 4 is 5.91 Å². The van der Waals surface area contributed by atoms with Gasteiger partial charge in [-0.25, -0.2) is 0 Å². The van der Waals surface area contributed by atoms with Gasteiger partial charge in [0, 0.05) is 13.0 Å². The van der Waals surface area contributed by atoms with Crippen molar-refractivity contribution in [2.24, 2.45) is 5.73 Å². The second-order valence-electron chi connectivity index (χ2n) is 5.63. The molecule has 1 aromatic rings. The first kappa shape index (κ1) is 17.7. The highest BCUT2D eigenvalue weighted by atomic mass is 16.1. The predicted molar refractivity (Wildman–Crippen MR) is 88.9 cm³/mol. The molecule has 1 rings (SSSR count). The number of benzene rings is 1. The number of hydrogen-bond donors (Lipinski definition) is 2. The molecular formula is C18H30N2O. The van der Waals surface area contributed by atoms with Gasteiger partial charge in [0.05, 0.1) is 0 Å². The van der Waals surface area contributed by atoms with Crippen LogP contribution in [0.25, 0.3) is 0 Å². The molecule has 0 saturated carbocycles. The van der Waals surface area contributed by atoms with E-state index in [0.29, 0.717) is 13.0 Å². The van der Waals surface area contributed by atoms with Gasteiger partial charge in [0.15, 0.2) is 0 Å². The standard InChI is InChI=1S/C18H30N2O/c19-15-11-6-4-2-1-3-5-10-14-18(21)20-16-17-12-8-7-9-13-17/h7-9,12-13H,1-6,10-11,14-16,19H2,(H,20,21). The monoisotopic (exact) mass is 290 g/mol. The Balaban J connectivity index is 1.89. The van der Waals surface area contributed by atoms with Gasteiger partial charge in [0.25, 0.3) is 0 Å². The third-order valence-corrected chi connectivity index (χ3v) is 3.69. The number of nitrogens with one attached hydrogen (secondary N) is 1. The van der Waals surface area contributed by atoms with Gasteiger partial charge in [0.1, 0.15) is 0 Å². The molecule has 21 heavy (non-hydrogen) atoms. The van der Waals surface area contributed by atoms with E-state index in [-0.39, 0.29) is 5.91 Å². The summed E-state index contributed by atoms with van der Waals surface area (Å²) in [6, 6.07) is 10.0. The van der Waals surface area contributed by atoms with Gasteiger partial charge in [-0.3, -0.25) is 4.79 Å². The van der Waals surface area contributed by atoms with E-state index in [1.807, 2.05) is 30.3 Å². The van der Waals surface area contributed by atoms with Crippen molar-refractivity contribution in [2.45, 2.75) is 64.3 Å². The third kappa shape index (κ3) is 10.1. The number of amides is 1. The van der Waals surface area contributed by atoms with E-state index in [2.05, 4.69) is 5.32 Å². The van der Waals surface area contributed by atoms with Crippen LogP contribution in [-0.2, 0) is 11.3 Å². The van der Waals surface area contributed by atoms with Crippen LogP contribution in [0.4, 0.5) is 0 Å². The van der Waals surface area contributed by atoms with Crippen molar-refractivity contribution in [1.82, 2.24) is 5.32 Å². The molecule has 0 unspecified atom stereocenters. The van der Waals surface area contributed by atoms with Crippen molar-refractivity contribution in [3.8, 4) is 0 Å². The SMILES string of the molecule is NCCCCCCCCCCC(=O)NCc1ccccc1. The number of rotatable bonds is 12. The zero-order chi connectivity index (χ0) is 15.2. The van der Waals surface area contributed by atoms with Crippen molar-refractivity contribution in [3.63, 3.8) is 0 Å². The van der Waals surface area contributed by atoms with E-state index in [9.17, 15) is 4.79 Å². The van der Waals surface area contributed by atoms with Crippen LogP contribution in [0.2, 0.25) is 0 Å². The average Bonchev–Trinajstić information content (AvgIpc) is 2.52. The highest BCUT2D eigenvalue weighted by Crippen LogP contribution is 2.09. The number of nitrogens with two attached hydrogens (primary N) is 1. The van der Waals surface area contributed by atoms with Crippen LogP contribution in [0.1, 0.15) is 63.4 Å². The zero-order valence-corrected chi connectivity index (χ0v) is 13.2. The van der Waals surface area contributed by atoms with Crippen molar-refractivity contribution in [3.05, 3.63) is 35.9 Å². The summed E-state index contributed by atoms with van der Waals surface area (Å²) in [7, 11) is 0. The molecule has 0 bridgehead atoms. The number of unbranched alkanes of at least 4 members (excludes halogenated alkanes) is 7. The van der Waals surface area contributed by atoms with Crippen molar-refractivity contribution in [2.75, 3.05) is 6.54 Å². The van der Waals surface area contributed by atoms with Gasteiger partial charge < -0.3 is 11.1 Å². The molecule has 0 aliphatic rings. The maximum atomic E-state index is 11.7. The summed E-state index contributed by atoms with van der Waals surface area (Å²) in [5, 5.41) is 2.97. The molecule has 3 heteroatoms. The molecule has 0 aromatic heterocycles. The lowest BCUT2D eigenvalue weighted by atomic mass is 10.1.